The van der Waals surface area contributed by atoms with Gasteiger partial charge < -0.3 is 24.5 Å². The Balaban J connectivity index is 1.73. The molecule has 0 radical (unpaired) electrons. The van der Waals surface area contributed by atoms with Crippen molar-refractivity contribution in [3.8, 4) is 11.9 Å². The van der Waals surface area contributed by atoms with Crippen LogP contribution in [0, 0.1) is 22.2 Å². The van der Waals surface area contributed by atoms with Crippen LogP contribution in [-0.4, -0.2) is 55.3 Å². The first-order valence-electron chi connectivity index (χ1n) is 12.2. The molecule has 1 aliphatic rings. The zero-order valence-corrected chi connectivity index (χ0v) is 19.6. The summed E-state index contributed by atoms with van der Waals surface area (Å²) in [4.78, 5) is 8.94. The maximum atomic E-state index is 10.6. The van der Waals surface area contributed by atoms with Gasteiger partial charge in [-0.1, -0.05) is 27.7 Å². The number of nitrogens with zero attached hydrogens (tertiary/aromatic N) is 6. The van der Waals surface area contributed by atoms with Crippen LogP contribution in [0.25, 0.3) is 11.0 Å². The maximum Gasteiger partial charge on any atom is 0.257 e. The summed E-state index contributed by atoms with van der Waals surface area (Å²) in [5, 5.41) is 28.0. The van der Waals surface area contributed by atoms with Gasteiger partial charge in [-0.3, -0.25) is 4.68 Å². The van der Waals surface area contributed by atoms with Gasteiger partial charge in [0.25, 0.3) is 5.88 Å². The van der Waals surface area contributed by atoms with Crippen molar-refractivity contribution < 1.29 is 18.7 Å². The van der Waals surface area contributed by atoms with E-state index in [1.165, 1.54) is 6.20 Å². The van der Waals surface area contributed by atoms with Crippen LogP contribution in [0.15, 0.2) is 18.5 Å². The highest BCUT2D eigenvalue weighted by Gasteiger charge is 2.63. The Hall–Kier alpha value is -3.16. The molecule has 1 atom stereocenters. The maximum absolute atomic E-state index is 10.6. The Morgan fingerprint density at radius 3 is 2.73 bits per heavy atom. The number of hydrogen-bond donors (Lipinski definition) is 2. The number of aromatic nitrogens is 5. The molecule has 0 unspecified atom stereocenters. The van der Waals surface area contributed by atoms with Gasteiger partial charge in [-0.25, -0.2) is 4.98 Å². The molecule has 33 heavy (non-hydrogen) atoms. The molecular formula is C23H31N7O3. The van der Waals surface area contributed by atoms with Crippen LogP contribution < -0.4 is 10.1 Å². The van der Waals surface area contributed by atoms with Gasteiger partial charge >= 0.3 is 0 Å². The fourth-order valence-electron chi connectivity index (χ4n) is 5.09. The summed E-state index contributed by atoms with van der Waals surface area (Å²) in [5.41, 5.74) is 0.0942. The molecule has 0 amide bonds. The van der Waals surface area contributed by atoms with E-state index in [0.29, 0.717) is 23.3 Å². The van der Waals surface area contributed by atoms with E-state index in [1.807, 2.05) is 34.6 Å². The predicted octanol–water partition coefficient (Wildman–Crippen LogP) is 3.16. The molecule has 176 valence electrons. The molecule has 1 fully saturated rings. The lowest BCUT2D eigenvalue weighted by Gasteiger charge is -2.60. The van der Waals surface area contributed by atoms with Crippen molar-refractivity contribution in [2.24, 2.45) is 17.8 Å². The van der Waals surface area contributed by atoms with E-state index in [4.69, 9.17) is 13.6 Å². The smallest absolute Gasteiger partial charge is 0.257 e. The Kier molecular flexibility index (Phi) is 4.69. The second-order valence-electron chi connectivity index (χ2n) is 9.75. The van der Waals surface area contributed by atoms with Crippen molar-refractivity contribution in [3.05, 3.63) is 24.2 Å². The van der Waals surface area contributed by atoms with E-state index in [2.05, 4.69) is 26.5 Å². The van der Waals surface area contributed by atoms with Crippen LogP contribution in [0.1, 0.15) is 50.5 Å². The number of nitrogens with one attached hydrogen (secondary N) is 1. The minimum absolute atomic E-state index is 0.0636. The van der Waals surface area contributed by atoms with E-state index in [0.717, 1.165) is 4.68 Å². The minimum atomic E-state index is -2.53. The number of aliphatic hydroxyl groups excluding tert-OH is 1. The van der Waals surface area contributed by atoms with Gasteiger partial charge in [-0.05, 0) is 13.0 Å². The molecule has 4 rings (SSSR count). The standard InChI is InChI=1S/C23H31N7O3/c1-13(12-32-7)30-15(9-24)8-14-10-25-21(27-17(14)30)26-16-11-29(6)28-18(16)33-20-22(2,3)19(31)23(20,4)5/h8,10-11,13,19-20,31H,12H2,1-7H3,(H,25,26,27)/t13-,19?,20?/m0/s1/i6D3. The van der Waals surface area contributed by atoms with Crippen LogP contribution in [0.4, 0.5) is 11.6 Å². The van der Waals surface area contributed by atoms with E-state index < -0.39 is 30.0 Å². The molecule has 10 heteroatoms. The molecule has 3 heterocycles. The Morgan fingerprint density at radius 2 is 2.09 bits per heavy atom. The summed E-state index contributed by atoms with van der Waals surface area (Å²) in [6.07, 6.45) is 1.88. The molecule has 1 saturated carbocycles. The summed E-state index contributed by atoms with van der Waals surface area (Å²) >= 11 is 0. The van der Waals surface area contributed by atoms with Crippen LogP contribution in [0.3, 0.4) is 0 Å². The van der Waals surface area contributed by atoms with Gasteiger partial charge in [0.05, 0.1) is 24.9 Å². The van der Waals surface area contributed by atoms with Gasteiger partial charge in [-0.15, -0.1) is 5.10 Å². The van der Waals surface area contributed by atoms with Gasteiger partial charge in [0, 0.05) is 40.6 Å². The summed E-state index contributed by atoms with van der Waals surface area (Å²) < 4.78 is 37.4. The van der Waals surface area contributed by atoms with Gasteiger partial charge in [-0.2, -0.15) is 10.2 Å². The van der Waals surface area contributed by atoms with Gasteiger partial charge in [0.15, 0.2) is 0 Å². The second kappa shape index (κ2) is 8.01. The average molecular weight is 457 g/mol. The number of aliphatic hydroxyl groups is 1. The van der Waals surface area contributed by atoms with Crippen LogP contribution in [-0.2, 0) is 11.7 Å². The minimum Gasteiger partial charge on any atom is -0.470 e. The molecule has 3 aromatic heterocycles. The first-order chi connectivity index (χ1) is 16.7. The third kappa shape index (κ3) is 3.71. The summed E-state index contributed by atoms with van der Waals surface area (Å²) in [5.74, 6) is 0.242. The Morgan fingerprint density at radius 1 is 1.36 bits per heavy atom. The number of methoxy groups -OCH3 is 1. The first-order valence-corrected chi connectivity index (χ1v) is 10.7. The topological polar surface area (TPSA) is 123 Å². The van der Waals surface area contributed by atoms with Crippen LogP contribution >= 0.6 is 0 Å². The van der Waals surface area contributed by atoms with Crippen molar-refractivity contribution >= 4 is 22.7 Å². The summed E-state index contributed by atoms with van der Waals surface area (Å²) in [7, 11) is 1.59. The largest absolute Gasteiger partial charge is 0.470 e. The molecule has 3 aromatic rings. The normalized spacial score (nSPS) is 23.6. The fraction of sp³-hybridized carbons (Fsp3) is 0.565. The zero-order valence-electron chi connectivity index (χ0n) is 22.6. The lowest BCUT2D eigenvalue weighted by Crippen LogP contribution is -2.69. The SMILES string of the molecule is [2H]C([2H])([2H])n1cc(Nc2ncc3cc(C#N)n([C@@H](C)COC)c3n2)c(OC2C(C)(C)C(O)C2(C)C)n1. The fourth-order valence-corrected chi connectivity index (χ4v) is 5.09. The monoisotopic (exact) mass is 456 g/mol. The number of hydrogen-bond acceptors (Lipinski definition) is 8. The van der Waals surface area contributed by atoms with Crippen LogP contribution in [0.5, 0.6) is 5.88 Å². The number of rotatable bonds is 7. The third-order valence-electron chi connectivity index (χ3n) is 6.46. The first kappa shape index (κ1) is 19.3. The van der Waals surface area contributed by atoms with Crippen molar-refractivity contribution in [1.82, 2.24) is 24.3 Å². The molecule has 1 aliphatic carbocycles. The number of anilines is 2. The van der Waals surface area contributed by atoms with Crippen molar-refractivity contribution in [1.29, 1.82) is 5.26 Å². The molecule has 0 saturated heterocycles. The molecule has 0 spiro atoms. The molecule has 0 aromatic carbocycles. The lowest BCUT2D eigenvalue weighted by atomic mass is 9.51. The van der Waals surface area contributed by atoms with E-state index in [1.54, 1.807) is 23.9 Å². The average Bonchev–Trinajstić information content (AvgIpc) is 3.37. The molecule has 0 aliphatic heterocycles. The summed E-state index contributed by atoms with van der Waals surface area (Å²) in [6, 6.07) is 3.73. The van der Waals surface area contributed by atoms with E-state index in [-0.39, 0.29) is 23.6 Å². The zero-order chi connectivity index (χ0) is 26.6. The number of fused-ring (bicyclic) bond motifs is 1. The highest BCUT2D eigenvalue weighted by atomic mass is 16.5. The number of aryl methyl sites for hydroxylation is 1. The predicted molar refractivity (Wildman–Crippen MR) is 123 cm³/mol. The van der Waals surface area contributed by atoms with Gasteiger partial charge in [0.1, 0.15) is 29.2 Å². The molecule has 0 bridgehead atoms. The molecule has 2 N–H and O–H groups in total. The highest BCUT2D eigenvalue weighted by molar-refractivity contribution is 5.79. The second-order valence-corrected chi connectivity index (χ2v) is 9.75. The van der Waals surface area contributed by atoms with Crippen molar-refractivity contribution in [2.75, 3.05) is 19.0 Å². The van der Waals surface area contributed by atoms with E-state index in [9.17, 15) is 10.4 Å². The van der Waals surface area contributed by atoms with E-state index >= 15 is 0 Å². The van der Waals surface area contributed by atoms with Gasteiger partial charge in [0.2, 0.25) is 5.95 Å². The molecular weight excluding hydrogens is 422 g/mol. The lowest BCUT2D eigenvalue weighted by molar-refractivity contribution is -0.237. The van der Waals surface area contributed by atoms with Crippen molar-refractivity contribution in [3.63, 3.8) is 0 Å². The highest BCUT2D eigenvalue weighted by Crippen LogP contribution is 2.55. The third-order valence-corrected chi connectivity index (χ3v) is 6.46. The number of ether oxygens (including phenoxy) is 2. The van der Waals surface area contributed by atoms with Crippen molar-refractivity contribution in [2.45, 2.75) is 52.9 Å². The summed E-state index contributed by atoms with van der Waals surface area (Å²) in [6.45, 7) is 7.33. The number of nitriles is 1. The molecule has 10 nitrogen and oxygen atoms in total. The Bertz CT molecular complexity index is 1310. The quantitative estimate of drug-likeness (QED) is 0.556. The Labute approximate surface area is 197 Å². The van der Waals surface area contributed by atoms with Crippen LogP contribution in [0.2, 0.25) is 0 Å².